The maximum atomic E-state index is 5.89. The van der Waals surface area contributed by atoms with Gasteiger partial charge in [0, 0.05) is 18.3 Å². The third kappa shape index (κ3) is 1.99. The Morgan fingerprint density at radius 1 is 1.31 bits per heavy atom. The molecule has 0 saturated heterocycles. The molecule has 1 atom stereocenters. The second-order valence-corrected chi connectivity index (χ2v) is 3.43. The molecule has 0 aliphatic heterocycles. The van der Waals surface area contributed by atoms with E-state index in [0.29, 0.717) is 6.54 Å². The van der Waals surface area contributed by atoms with Crippen LogP contribution in [0, 0.1) is 13.8 Å². The molecule has 0 aliphatic rings. The van der Waals surface area contributed by atoms with Gasteiger partial charge in [-0.05, 0) is 25.0 Å². The number of aryl methyl sites for hydroxylation is 2. The highest BCUT2D eigenvalue weighted by atomic mass is 14.7. The summed E-state index contributed by atoms with van der Waals surface area (Å²) in [6.07, 6.45) is 0. The van der Waals surface area contributed by atoms with Gasteiger partial charge >= 0.3 is 0 Å². The number of anilines is 1. The summed E-state index contributed by atoms with van der Waals surface area (Å²) in [5.74, 6) is 0. The fraction of sp³-hybridized carbons (Fsp3) is 0.400. The van der Waals surface area contributed by atoms with Crippen molar-refractivity contribution in [2.45, 2.75) is 19.9 Å². The molecular weight excluding hydrogens is 162 g/mol. The smallest absolute Gasteiger partial charge is 0.0440 e. The largest absolute Gasteiger partial charge is 0.398 e. The molecule has 0 saturated carbocycles. The minimum absolute atomic E-state index is 0.154. The van der Waals surface area contributed by atoms with E-state index in [9.17, 15) is 0 Å². The Hall–Kier alpha value is -1.06. The summed E-state index contributed by atoms with van der Waals surface area (Å²) < 4.78 is 0. The van der Waals surface area contributed by atoms with E-state index in [2.05, 4.69) is 0 Å². The highest BCUT2D eigenvalue weighted by molar-refractivity contribution is 5.56. The zero-order valence-corrected chi connectivity index (χ0v) is 8.17. The van der Waals surface area contributed by atoms with Crippen LogP contribution in [-0.4, -0.2) is 6.54 Å². The van der Waals surface area contributed by atoms with Crippen molar-refractivity contribution in [2.24, 2.45) is 11.5 Å². The van der Waals surface area contributed by atoms with Crippen LogP contribution in [0.25, 0.3) is 0 Å². The minimum Gasteiger partial charge on any atom is -0.398 e. The number of nitrogens with two attached hydrogens (primary N) is 3. The summed E-state index contributed by atoms with van der Waals surface area (Å²) in [6, 6.07) is 3.89. The van der Waals surface area contributed by atoms with E-state index < -0.39 is 0 Å². The molecule has 1 aromatic carbocycles. The summed E-state index contributed by atoms with van der Waals surface area (Å²) in [7, 11) is 0. The lowest BCUT2D eigenvalue weighted by Gasteiger charge is -2.15. The van der Waals surface area contributed by atoms with Gasteiger partial charge in [-0.2, -0.15) is 0 Å². The van der Waals surface area contributed by atoms with Crippen LogP contribution < -0.4 is 17.2 Å². The first-order valence-corrected chi connectivity index (χ1v) is 4.38. The fourth-order valence-corrected chi connectivity index (χ4v) is 1.45. The molecule has 0 heterocycles. The first kappa shape index (κ1) is 10.0. The maximum absolute atomic E-state index is 5.89. The molecule has 0 spiro atoms. The molecule has 0 bridgehead atoms. The summed E-state index contributed by atoms with van der Waals surface area (Å²) in [5, 5.41) is 0. The van der Waals surface area contributed by atoms with Crippen LogP contribution in [0.3, 0.4) is 0 Å². The van der Waals surface area contributed by atoms with Gasteiger partial charge in [-0.25, -0.2) is 0 Å². The van der Waals surface area contributed by atoms with Crippen LogP contribution in [0.1, 0.15) is 22.7 Å². The molecule has 0 fully saturated rings. The van der Waals surface area contributed by atoms with Crippen molar-refractivity contribution in [1.29, 1.82) is 0 Å². The van der Waals surface area contributed by atoms with E-state index in [4.69, 9.17) is 17.2 Å². The normalized spacial score (nSPS) is 12.9. The number of benzene rings is 1. The quantitative estimate of drug-likeness (QED) is 0.589. The monoisotopic (exact) mass is 179 g/mol. The predicted octanol–water partition coefficient (Wildman–Crippen LogP) is 0.844. The third-order valence-corrected chi connectivity index (χ3v) is 2.22. The van der Waals surface area contributed by atoms with Crippen molar-refractivity contribution in [3.63, 3.8) is 0 Å². The van der Waals surface area contributed by atoms with E-state index in [1.54, 1.807) is 0 Å². The molecule has 0 aliphatic carbocycles. The molecule has 0 radical (unpaired) electrons. The second-order valence-electron chi connectivity index (χ2n) is 3.43. The molecule has 3 heteroatoms. The van der Waals surface area contributed by atoms with Gasteiger partial charge < -0.3 is 17.2 Å². The van der Waals surface area contributed by atoms with Crippen molar-refractivity contribution < 1.29 is 0 Å². The van der Waals surface area contributed by atoms with Crippen LogP contribution in [0.2, 0.25) is 0 Å². The number of rotatable bonds is 2. The van der Waals surface area contributed by atoms with E-state index in [0.717, 1.165) is 16.8 Å². The Kier molecular flexibility index (Phi) is 2.90. The fourth-order valence-electron chi connectivity index (χ4n) is 1.45. The van der Waals surface area contributed by atoms with E-state index in [1.165, 1.54) is 5.56 Å². The van der Waals surface area contributed by atoms with Gasteiger partial charge in [0.15, 0.2) is 0 Å². The van der Waals surface area contributed by atoms with E-state index in [-0.39, 0.29) is 6.04 Å². The lowest BCUT2D eigenvalue weighted by Crippen LogP contribution is -2.22. The molecule has 1 aromatic rings. The molecule has 72 valence electrons. The standard InChI is InChI=1S/C10H17N3/c1-6-3-7(2)10(13)8(4-6)9(12)5-11/h3-4,9H,5,11-13H2,1-2H3/t9-/m0/s1. The van der Waals surface area contributed by atoms with Crippen molar-refractivity contribution in [2.75, 3.05) is 12.3 Å². The predicted molar refractivity (Wildman–Crippen MR) is 56.3 cm³/mol. The minimum atomic E-state index is -0.154. The number of hydrogen-bond donors (Lipinski definition) is 3. The highest BCUT2D eigenvalue weighted by Gasteiger charge is 2.09. The third-order valence-electron chi connectivity index (χ3n) is 2.22. The number of hydrogen-bond acceptors (Lipinski definition) is 3. The van der Waals surface area contributed by atoms with Gasteiger partial charge in [0.1, 0.15) is 0 Å². The molecule has 3 nitrogen and oxygen atoms in total. The molecule has 13 heavy (non-hydrogen) atoms. The molecule has 0 amide bonds. The first-order chi connectivity index (χ1) is 6.06. The van der Waals surface area contributed by atoms with Gasteiger partial charge in [0.2, 0.25) is 0 Å². The number of nitrogen functional groups attached to an aromatic ring is 1. The second kappa shape index (κ2) is 3.77. The molecule has 1 rings (SSSR count). The van der Waals surface area contributed by atoms with Gasteiger partial charge in [-0.15, -0.1) is 0 Å². The van der Waals surface area contributed by atoms with Gasteiger partial charge in [-0.1, -0.05) is 17.7 Å². The van der Waals surface area contributed by atoms with Crippen molar-refractivity contribution >= 4 is 5.69 Å². The Morgan fingerprint density at radius 3 is 2.46 bits per heavy atom. The van der Waals surface area contributed by atoms with E-state index in [1.807, 2.05) is 26.0 Å². The molecule has 0 unspecified atom stereocenters. The lowest BCUT2D eigenvalue weighted by atomic mass is 9.99. The van der Waals surface area contributed by atoms with Crippen molar-refractivity contribution in [1.82, 2.24) is 0 Å². The molecule has 0 aromatic heterocycles. The Morgan fingerprint density at radius 2 is 1.92 bits per heavy atom. The molecular formula is C10H17N3. The summed E-state index contributed by atoms with van der Waals surface area (Å²) in [6.45, 7) is 4.43. The summed E-state index contributed by atoms with van der Waals surface area (Å²) in [5.41, 5.74) is 21.2. The summed E-state index contributed by atoms with van der Waals surface area (Å²) >= 11 is 0. The van der Waals surface area contributed by atoms with Gasteiger partial charge in [0.25, 0.3) is 0 Å². The summed E-state index contributed by atoms with van der Waals surface area (Å²) in [4.78, 5) is 0. The van der Waals surface area contributed by atoms with Crippen LogP contribution >= 0.6 is 0 Å². The molecule has 6 N–H and O–H groups in total. The van der Waals surface area contributed by atoms with E-state index >= 15 is 0 Å². The van der Waals surface area contributed by atoms with Gasteiger partial charge in [0.05, 0.1) is 0 Å². The zero-order chi connectivity index (χ0) is 10.0. The van der Waals surface area contributed by atoms with Crippen molar-refractivity contribution in [3.05, 3.63) is 28.8 Å². The van der Waals surface area contributed by atoms with Crippen LogP contribution in [0.4, 0.5) is 5.69 Å². The lowest BCUT2D eigenvalue weighted by molar-refractivity contribution is 0.738. The van der Waals surface area contributed by atoms with Crippen LogP contribution in [0.15, 0.2) is 12.1 Å². The average molecular weight is 179 g/mol. The SMILES string of the molecule is Cc1cc(C)c(N)c([C@@H](N)CN)c1. The first-order valence-electron chi connectivity index (χ1n) is 4.38. The van der Waals surface area contributed by atoms with Crippen LogP contribution in [-0.2, 0) is 0 Å². The van der Waals surface area contributed by atoms with Crippen molar-refractivity contribution in [3.8, 4) is 0 Å². The Labute approximate surface area is 78.9 Å². The highest BCUT2D eigenvalue weighted by Crippen LogP contribution is 2.23. The average Bonchev–Trinajstić information content (AvgIpc) is 2.10. The maximum Gasteiger partial charge on any atom is 0.0440 e. The zero-order valence-electron chi connectivity index (χ0n) is 8.17. The Balaban J connectivity index is 3.20. The Bertz CT molecular complexity index is 307. The topological polar surface area (TPSA) is 78.1 Å². The van der Waals surface area contributed by atoms with Crippen LogP contribution in [0.5, 0.6) is 0 Å². The van der Waals surface area contributed by atoms with Gasteiger partial charge in [-0.3, -0.25) is 0 Å².